The largest absolute Gasteiger partial charge is 0.481 e. The van der Waals surface area contributed by atoms with Crippen LogP contribution in [0.4, 0.5) is 0 Å². The predicted octanol–water partition coefficient (Wildman–Crippen LogP) is 0.696. The van der Waals surface area contributed by atoms with Crippen LogP contribution in [0, 0.1) is 0 Å². The van der Waals surface area contributed by atoms with Gasteiger partial charge in [-0.1, -0.05) is 0 Å². The summed E-state index contributed by atoms with van der Waals surface area (Å²) in [6, 6.07) is 0. The summed E-state index contributed by atoms with van der Waals surface area (Å²) in [6.07, 6.45) is 3.51. The molecular formula is C10H19NO3S. The van der Waals surface area contributed by atoms with Crippen LogP contribution in [-0.4, -0.2) is 51.3 Å². The van der Waals surface area contributed by atoms with Crippen LogP contribution in [0.2, 0.25) is 0 Å². The van der Waals surface area contributed by atoms with Gasteiger partial charge in [-0.25, -0.2) is 0 Å². The van der Waals surface area contributed by atoms with Gasteiger partial charge in [0.15, 0.2) is 0 Å². The number of carboxylic acids is 1. The first kappa shape index (κ1) is 12.6. The molecule has 0 aromatic carbocycles. The number of nitrogens with zero attached hydrogens (tertiary/aromatic N) is 1. The Morgan fingerprint density at radius 2 is 1.93 bits per heavy atom. The standard InChI is InChI=1S/C10H19NO3S/c12-10(13)4-9-15(14)8-3-7-11-5-1-2-6-11/h1-9H2,(H,12,13). The molecule has 0 saturated carbocycles. The maximum absolute atomic E-state index is 11.4. The van der Waals surface area contributed by atoms with E-state index in [-0.39, 0.29) is 6.42 Å². The van der Waals surface area contributed by atoms with Gasteiger partial charge in [-0.15, -0.1) is 0 Å². The summed E-state index contributed by atoms with van der Waals surface area (Å²) in [5.74, 6) is 0.0851. The van der Waals surface area contributed by atoms with Crippen LogP contribution < -0.4 is 0 Å². The minimum atomic E-state index is -0.948. The van der Waals surface area contributed by atoms with Gasteiger partial charge in [0.2, 0.25) is 0 Å². The first-order valence-electron chi connectivity index (χ1n) is 5.47. The Hall–Kier alpha value is -0.420. The van der Waals surface area contributed by atoms with Gasteiger partial charge in [0.1, 0.15) is 0 Å². The van der Waals surface area contributed by atoms with Crippen molar-refractivity contribution >= 4 is 16.8 Å². The Balaban J connectivity index is 1.98. The Morgan fingerprint density at radius 1 is 1.27 bits per heavy atom. The Kier molecular flexibility index (Phi) is 5.86. The van der Waals surface area contributed by atoms with Crippen LogP contribution in [0.5, 0.6) is 0 Å². The van der Waals surface area contributed by atoms with Crippen molar-refractivity contribution < 1.29 is 14.1 Å². The second-order valence-corrected chi connectivity index (χ2v) is 5.59. The Morgan fingerprint density at radius 3 is 2.53 bits per heavy atom. The summed E-state index contributed by atoms with van der Waals surface area (Å²) in [5, 5.41) is 8.42. The van der Waals surface area contributed by atoms with Crippen molar-refractivity contribution in [2.75, 3.05) is 31.1 Å². The van der Waals surface area contributed by atoms with Crippen molar-refractivity contribution in [1.82, 2.24) is 4.90 Å². The van der Waals surface area contributed by atoms with Crippen molar-refractivity contribution in [1.29, 1.82) is 0 Å². The molecule has 1 rings (SSSR count). The molecule has 1 aliphatic rings. The van der Waals surface area contributed by atoms with Crippen molar-refractivity contribution in [3.05, 3.63) is 0 Å². The number of aliphatic carboxylic acids is 1. The van der Waals surface area contributed by atoms with E-state index < -0.39 is 16.8 Å². The molecule has 1 atom stereocenters. The fourth-order valence-electron chi connectivity index (χ4n) is 1.76. The Bertz CT molecular complexity index is 227. The van der Waals surface area contributed by atoms with E-state index in [1.54, 1.807) is 0 Å². The van der Waals surface area contributed by atoms with Crippen LogP contribution in [0.25, 0.3) is 0 Å². The smallest absolute Gasteiger partial charge is 0.304 e. The second-order valence-electron chi connectivity index (χ2n) is 3.89. The van der Waals surface area contributed by atoms with Crippen LogP contribution >= 0.6 is 0 Å². The lowest BCUT2D eigenvalue weighted by molar-refractivity contribution is -0.136. The lowest BCUT2D eigenvalue weighted by Crippen LogP contribution is -2.22. The van der Waals surface area contributed by atoms with E-state index in [2.05, 4.69) is 4.90 Å². The number of hydrogen-bond acceptors (Lipinski definition) is 3. The maximum Gasteiger partial charge on any atom is 0.304 e. The minimum absolute atomic E-state index is 0.0241. The second kappa shape index (κ2) is 6.95. The average molecular weight is 233 g/mol. The molecular weight excluding hydrogens is 214 g/mol. The highest BCUT2D eigenvalue weighted by Crippen LogP contribution is 2.07. The SMILES string of the molecule is O=C(O)CCS(=O)CCCN1CCCC1. The molecule has 0 aromatic rings. The van der Waals surface area contributed by atoms with Gasteiger partial charge >= 0.3 is 5.97 Å². The summed E-state index contributed by atoms with van der Waals surface area (Å²) >= 11 is 0. The van der Waals surface area contributed by atoms with E-state index in [0.717, 1.165) is 13.0 Å². The van der Waals surface area contributed by atoms with Crippen LogP contribution in [-0.2, 0) is 15.6 Å². The van der Waals surface area contributed by atoms with Crippen molar-refractivity contribution in [3.63, 3.8) is 0 Å². The summed E-state index contributed by atoms with van der Waals surface area (Å²) < 4.78 is 11.4. The number of hydrogen-bond donors (Lipinski definition) is 1. The first-order chi connectivity index (χ1) is 7.18. The van der Waals surface area contributed by atoms with Gasteiger partial charge < -0.3 is 10.0 Å². The van der Waals surface area contributed by atoms with Gasteiger partial charge in [0.25, 0.3) is 0 Å². The van der Waals surface area contributed by atoms with Crippen LogP contribution in [0.1, 0.15) is 25.7 Å². The molecule has 5 heteroatoms. The van der Waals surface area contributed by atoms with Crippen LogP contribution in [0.15, 0.2) is 0 Å². The molecule has 0 amide bonds. The molecule has 4 nitrogen and oxygen atoms in total. The highest BCUT2D eigenvalue weighted by Gasteiger charge is 2.11. The van der Waals surface area contributed by atoms with Gasteiger partial charge in [-0.2, -0.15) is 0 Å². The Labute approximate surface area is 93.1 Å². The molecule has 1 aliphatic heterocycles. The lowest BCUT2D eigenvalue weighted by atomic mass is 10.4. The monoisotopic (exact) mass is 233 g/mol. The molecule has 15 heavy (non-hydrogen) atoms. The molecule has 0 bridgehead atoms. The van der Waals surface area contributed by atoms with Crippen molar-refractivity contribution in [2.45, 2.75) is 25.7 Å². The highest BCUT2D eigenvalue weighted by atomic mass is 32.2. The lowest BCUT2D eigenvalue weighted by Gasteiger charge is -2.13. The molecule has 1 saturated heterocycles. The zero-order valence-electron chi connectivity index (χ0n) is 8.98. The molecule has 0 aliphatic carbocycles. The van der Waals surface area contributed by atoms with Crippen molar-refractivity contribution in [3.8, 4) is 0 Å². The van der Waals surface area contributed by atoms with Gasteiger partial charge in [0.05, 0.1) is 6.42 Å². The third kappa shape index (κ3) is 5.89. The zero-order chi connectivity index (χ0) is 11.1. The van der Waals surface area contributed by atoms with Gasteiger partial charge in [-0.05, 0) is 38.9 Å². The van der Waals surface area contributed by atoms with Gasteiger partial charge in [0, 0.05) is 22.3 Å². The molecule has 1 N–H and O–H groups in total. The number of likely N-dealkylation sites (tertiary alicyclic amines) is 1. The summed E-state index contributed by atoms with van der Waals surface area (Å²) in [4.78, 5) is 12.6. The number of rotatable bonds is 7. The average Bonchev–Trinajstić information content (AvgIpc) is 2.67. The maximum atomic E-state index is 11.4. The molecule has 0 aromatic heterocycles. The summed E-state index contributed by atoms with van der Waals surface area (Å²) in [7, 11) is -0.948. The van der Waals surface area contributed by atoms with Crippen LogP contribution in [0.3, 0.4) is 0 Å². The van der Waals surface area contributed by atoms with Gasteiger partial charge in [-0.3, -0.25) is 9.00 Å². The minimum Gasteiger partial charge on any atom is -0.481 e. The third-order valence-corrected chi connectivity index (χ3v) is 3.99. The molecule has 0 spiro atoms. The zero-order valence-corrected chi connectivity index (χ0v) is 9.80. The predicted molar refractivity (Wildman–Crippen MR) is 60.4 cm³/mol. The normalized spacial score (nSPS) is 19.2. The molecule has 1 unspecified atom stereocenters. The summed E-state index contributed by atoms with van der Waals surface area (Å²) in [5.41, 5.74) is 0. The quantitative estimate of drug-likeness (QED) is 0.703. The molecule has 1 fully saturated rings. The van der Waals surface area contributed by atoms with Crippen molar-refractivity contribution in [2.24, 2.45) is 0 Å². The van der Waals surface area contributed by atoms with E-state index in [1.165, 1.54) is 25.9 Å². The van der Waals surface area contributed by atoms with E-state index in [0.29, 0.717) is 11.5 Å². The summed E-state index contributed by atoms with van der Waals surface area (Å²) in [6.45, 7) is 3.35. The van der Waals surface area contributed by atoms with E-state index >= 15 is 0 Å². The van der Waals surface area contributed by atoms with E-state index in [9.17, 15) is 9.00 Å². The highest BCUT2D eigenvalue weighted by molar-refractivity contribution is 7.84. The number of carboxylic acid groups (broad SMARTS) is 1. The molecule has 1 heterocycles. The molecule has 0 radical (unpaired) electrons. The molecule has 88 valence electrons. The fourth-order valence-corrected chi connectivity index (χ4v) is 2.82. The number of carbonyl (C=O) groups is 1. The topological polar surface area (TPSA) is 57.6 Å². The first-order valence-corrected chi connectivity index (χ1v) is 6.96. The third-order valence-electron chi connectivity index (χ3n) is 2.59. The van der Waals surface area contributed by atoms with E-state index in [1.807, 2.05) is 0 Å². The fraction of sp³-hybridized carbons (Fsp3) is 0.900. The van der Waals surface area contributed by atoms with E-state index in [4.69, 9.17) is 5.11 Å².